The molecule has 0 amide bonds. The molecule has 0 spiro atoms. The first-order chi connectivity index (χ1) is 9.63. The Hall–Kier alpha value is -2.62. The third-order valence-electron chi connectivity index (χ3n) is 3.32. The first kappa shape index (κ1) is 12.4. The number of nitrogen functional groups attached to an aromatic ring is 1. The lowest BCUT2D eigenvalue weighted by molar-refractivity contribution is 0.467. The molecule has 1 heterocycles. The van der Waals surface area contributed by atoms with E-state index in [0.29, 0.717) is 11.6 Å². The number of hydrogen-bond donors (Lipinski definition) is 1. The Labute approximate surface area is 117 Å². The first-order valence-corrected chi connectivity index (χ1v) is 6.39. The van der Waals surface area contributed by atoms with Crippen LogP contribution in [0.2, 0.25) is 0 Å². The van der Waals surface area contributed by atoms with Gasteiger partial charge in [0.2, 0.25) is 5.88 Å². The lowest BCUT2D eigenvalue weighted by atomic mass is 10.1. The third kappa shape index (κ3) is 2.28. The van der Waals surface area contributed by atoms with Crippen molar-refractivity contribution in [2.75, 3.05) is 5.73 Å². The minimum absolute atomic E-state index is 0.519. The van der Waals surface area contributed by atoms with E-state index in [9.17, 15) is 0 Å². The Balaban J connectivity index is 2.05. The van der Waals surface area contributed by atoms with Crippen molar-refractivity contribution in [3.8, 4) is 11.6 Å². The molecule has 0 aliphatic heterocycles. The zero-order valence-electron chi connectivity index (χ0n) is 11.4. The third-order valence-corrected chi connectivity index (χ3v) is 3.32. The van der Waals surface area contributed by atoms with Crippen LogP contribution < -0.4 is 10.5 Å². The lowest BCUT2D eigenvalue weighted by Crippen LogP contribution is -1.93. The fourth-order valence-corrected chi connectivity index (χ4v) is 2.02. The van der Waals surface area contributed by atoms with Gasteiger partial charge >= 0.3 is 0 Å². The van der Waals surface area contributed by atoms with Crippen molar-refractivity contribution in [2.24, 2.45) is 0 Å². The summed E-state index contributed by atoms with van der Waals surface area (Å²) in [6.45, 7) is 4.12. The van der Waals surface area contributed by atoms with Crippen LogP contribution in [0.15, 0.2) is 42.7 Å². The van der Waals surface area contributed by atoms with Gasteiger partial charge in [-0.25, -0.2) is 9.97 Å². The molecule has 3 rings (SSSR count). The fraction of sp³-hybridized carbons (Fsp3) is 0.125. The Bertz CT molecular complexity index is 784. The Kier molecular flexibility index (Phi) is 2.99. The molecule has 0 saturated carbocycles. The summed E-state index contributed by atoms with van der Waals surface area (Å²) in [6.07, 6.45) is 1.49. The van der Waals surface area contributed by atoms with Crippen molar-refractivity contribution in [1.82, 2.24) is 9.97 Å². The van der Waals surface area contributed by atoms with Gasteiger partial charge in [-0.2, -0.15) is 0 Å². The lowest BCUT2D eigenvalue weighted by Gasteiger charge is -2.09. The summed E-state index contributed by atoms with van der Waals surface area (Å²) in [5.74, 6) is 1.28. The van der Waals surface area contributed by atoms with Gasteiger partial charge in [0, 0.05) is 5.69 Å². The second-order valence-corrected chi connectivity index (χ2v) is 4.80. The molecule has 1 aromatic heterocycles. The van der Waals surface area contributed by atoms with E-state index in [1.54, 1.807) is 0 Å². The average molecular weight is 265 g/mol. The molecular formula is C16H15N3O. The van der Waals surface area contributed by atoms with Crippen LogP contribution in [-0.2, 0) is 0 Å². The minimum Gasteiger partial charge on any atom is -0.438 e. The summed E-state index contributed by atoms with van der Waals surface area (Å²) in [5.41, 5.74) is 9.71. The molecule has 0 aliphatic rings. The predicted octanol–water partition coefficient (Wildman–Crippen LogP) is 3.62. The topological polar surface area (TPSA) is 61.0 Å². The van der Waals surface area contributed by atoms with E-state index in [0.717, 1.165) is 16.7 Å². The number of benzene rings is 2. The van der Waals surface area contributed by atoms with E-state index in [2.05, 4.69) is 23.8 Å². The van der Waals surface area contributed by atoms with Gasteiger partial charge < -0.3 is 10.5 Å². The molecule has 4 nitrogen and oxygen atoms in total. The zero-order valence-corrected chi connectivity index (χ0v) is 11.4. The molecule has 100 valence electrons. The second kappa shape index (κ2) is 4.81. The number of hydrogen-bond acceptors (Lipinski definition) is 4. The van der Waals surface area contributed by atoms with Gasteiger partial charge in [0.15, 0.2) is 0 Å². The molecule has 2 N–H and O–H groups in total. The number of nitrogens with zero attached hydrogens (tertiary/aromatic N) is 2. The van der Waals surface area contributed by atoms with Crippen molar-refractivity contribution in [2.45, 2.75) is 13.8 Å². The highest BCUT2D eigenvalue weighted by molar-refractivity contribution is 5.86. The van der Waals surface area contributed by atoms with Gasteiger partial charge in [-0.05, 0) is 55.3 Å². The quantitative estimate of drug-likeness (QED) is 0.719. The van der Waals surface area contributed by atoms with Crippen molar-refractivity contribution in [1.29, 1.82) is 0 Å². The monoisotopic (exact) mass is 265 g/mol. The van der Waals surface area contributed by atoms with Crippen LogP contribution in [0.4, 0.5) is 5.69 Å². The zero-order chi connectivity index (χ0) is 14.1. The van der Waals surface area contributed by atoms with Gasteiger partial charge in [0.05, 0.1) is 10.9 Å². The van der Waals surface area contributed by atoms with Crippen LogP contribution in [-0.4, -0.2) is 9.97 Å². The van der Waals surface area contributed by atoms with Crippen molar-refractivity contribution >= 4 is 16.6 Å². The number of aromatic nitrogens is 2. The average Bonchev–Trinajstić information content (AvgIpc) is 2.44. The molecular weight excluding hydrogens is 250 g/mol. The van der Waals surface area contributed by atoms with E-state index in [4.69, 9.17) is 10.5 Å². The number of ether oxygens (including phenoxy) is 1. The minimum atomic E-state index is 0.519. The maximum absolute atomic E-state index is 5.88. The number of aryl methyl sites for hydroxylation is 2. The Morgan fingerprint density at radius 1 is 0.950 bits per heavy atom. The Morgan fingerprint density at radius 2 is 1.80 bits per heavy atom. The van der Waals surface area contributed by atoms with Gasteiger partial charge in [0.1, 0.15) is 12.1 Å². The van der Waals surface area contributed by atoms with E-state index in [-0.39, 0.29) is 0 Å². The summed E-state index contributed by atoms with van der Waals surface area (Å²) in [7, 11) is 0. The summed E-state index contributed by atoms with van der Waals surface area (Å²) >= 11 is 0. The van der Waals surface area contributed by atoms with Crippen LogP contribution in [0.5, 0.6) is 11.6 Å². The molecule has 0 radical (unpaired) electrons. The van der Waals surface area contributed by atoms with Crippen LogP contribution in [0, 0.1) is 13.8 Å². The van der Waals surface area contributed by atoms with E-state index in [1.807, 2.05) is 36.4 Å². The smallest absolute Gasteiger partial charge is 0.230 e. The largest absolute Gasteiger partial charge is 0.438 e. The summed E-state index contributed by atoms with van der Waals surface area (Å²) < 4.78 is 5.88. The molecule has 4 heteroatoms. The van der Waals surface area contributed by atoms with Crippen molar-refractivity contribution in [3.63, 3.8) is 0 Å². The van der Waals surface area contributed by atoms with Crippen molar-refractivity contribution in [3.05, 3.63) is 53.9 Å². The highest BCUT2D eigenvalue weighted by Crippen LogP contribution is 2.28. The normalized spacial score (nSPS) is 10.7. The highest BCUT2D eigenvalue weighted by atomic mass is 16.5. The molecule has 0 aliphatic carbocycles. The van der Waals surface area contributed by atoms with E-state index < -0.39 is 0 Å². The van der Waals surface area contributed by atoms with Gasteiger partial charge in [-0.15, -0.1) is 0 Å². The van der Waals surface area contributed by atoms with Crippen LogP contribution in [0.1, 0.15) is 11.1 Å². The summed E-state index contributed by atoms with van der Waals surface area (Å²) in [6, 6.07) is 11.5. The fourth-order valence-electron chi connectivity index (χ4n) is 2.02. The first-order valence-electron chi connectivity index (χ1n) is 6.39. The number of anilines is 1. The number of fused-ring (bicyclic) bond motifs is 1. The molecule has 0 atom stereocenters. The van der Waals surface area contributed by atoms with Gasteiger partial charge in [0.25, 0.3) is 0 Å². The number of nitrogens with two attached hydrogens (primary N) is 1. The molecule has 2 aromatic carbocycles. The second-order valence-electron chi connectivity index (χ2n) is 4.80. The predicted molar refractivity (Wildman–Crippen MR) is 79.9 cm³/mol. The van der Waals surface area contributed by atoms with E-state index >= 15 is 0 Å². The maximum Gasteiger partial charge on any atom is 0.230 e. The highest BCUT2D eigenvalue weighted by Gasteiger charge is 2.07. The molecule has 3 aromatic rings. The standard InChI is InChI=1S/C16H15N3O/c1-10-3-5-13(7-11(10)2)20-16-14-8-12(17)4-6-15(14)18-9-19-16/h3-9H,17H2,1-2H3. The molecule has 0 bridgehead atoms. The summed E-state index contributed by atoms with van der Waals surface area (Å²) in [4.78, 5) is 8.42. The molecule has 0 saturated heterocycles. The van der Waals surface area contributed by atoms with Crippen LogP contribution in [0.25, 0.3) is 10.9 Å². The van der Waals surface area contributed by atoms with Gasteiger partial charge in [-0.1, -0.05) is 6.07 Å². The molecule has 0 unspecified atom stereocenters. The maximum atomic E-state index is 5.88. The SMILES string of the molecule is Cc1ccc(Oc2ncnc3ccc(N)cc23)cc1C. The number of rotatable bonds is 2. The molecule has 0 fully saturated rings. The van der Waals surface area contributed by atoms with Crippen LogP contribution >= 0.6 is 0 Å². The van der Waals surface area contributed by atoms with Crippen LogP contribution in [0.3, 0.4) is 0 Å². The van der Waals surface area contributed by atoms with Crippen molar-refractivity contribution < 1.29 is 4.74 Å². The molecule has 20 heavy (non-hydrogen) atoms. The summed E-state index contributed by atoms with van der Waals surface area (Å²) in [5, 5.41) is 0.811. The van der Waals surface area contributed by atoms with E-state index in [1.165, 1.54) is 17.5 Å². The van der Waals surface area contributed by atoms with Gasteiger partial charge in [-0.3, -0.25) is 0 Å². The Morgan fingerprint density at radius 3 is 2.60 bits per heavy atom.